The second kappa shape index (κ2) is 10.6. The van der Waals surface area contributed by atoms with Crippen molar-refractivity contribution in [2.45, 2.75) is 78.6 Å². The third-order valence-corrected chi connectivity index (χ3v) is 4.73. The lowest BCUT2D eigenvalue weighted by Crippen LogP contribution is -2.46. The average molecular weight is 283 g/mol. The summed E-state index contributed by atoms with van der Waals surface area (Å²) in [5.41, 5.74) is 0.546. The second-order valence-corrected chi connectivity index (χ2v) is 7.30. The van der Waals surface area contributed by atoms with Crippen LogP contribution in [0, 0.1) is 11.3 Å². The van der Waals surface area contributed by atoms with Gasteiger partial charge in [-0.2, -0.15) is 0 Å². The van der Waals surface area contributed by atoms with Crippen molar-refractivity contribution in [3.63, 3.8) is 0 Å². The third-order valence-electron chi connectivity index (χ3n) is 4.73. The van der Waals surface area contributed by atoms with E-state index in [9.17, 15) is 0 Å². The van der Waals surface area contributed by atoms with Gasteiger partial charge in [0.2, 0.25) is 0 Å². The molecule has 0 saturated carbocycles. The molecule has 0 aromatic heterocycles. The van der Waals surface area contributed by atoms with Crippen LogP contribution in [-0.2, 0) is 0 Å². The Morgan fingerprint density at radius 2 is 1.95 bits per heavy atom. The SMILES string of the molecule is CCCC1(CNCCCCCCC(C)C)CCCNC1. The van der Waals surface area contributed by atoms with Gasteiger partial charge in [0.15, 0.2) is 0 Å². The van der Waals surface area contributed by atoms with Crippen LogP contribution < -0.4 is 10.6 Å². The Hall–Kier alpha value is -0.0800. The molecule has 1 heterocycles. The first kappa shape index (κ1) is 18.0. The summed E-state index contributed by atoms with van der Waals surface area (Å²) >= 11 is 0. The van der Waals surface area contributed by atoms with Gasteiger partial charge in [-0.25, -0.2) is 0 Å². The van der Waals surface area contributed by atoms with Crippen LogP contribution >= 0.6 is 0 Å². The summed E-state index contributed by atoms with van der Waals surface area (Å²) in [7, 11) is 0. The molecule has 0 radical (unpaired) electrons. The fraction of sp³-hybridized carbons (Fsp3) is 1.00. The van der Waals surface area contributed by atoms with Gasteiger partial charge in [-0.15, -0.1) is 0 Å². The lowest BCUT2D eigenvalue weighted by molar-refractivity contribution is 0.183. The molecule has 1 fully saturated rings. The molecule has 0 amide bonds. The summed E-state index contributed by atoms with van der Waals surface area (Å²) in [4.78, 5) is 0. The Labute approximate surface area is 127 Å². The zero-order chi connectivity index (χ0) is 14.7. The first-order chi connectivity index (χ1) is 9.68. The number of unbranched alkanes of at least 4 members (excludes halogenated alkanes) is 3. The largest absolute Gasteiger partial charge is 0.316 e. The van der Waals surface area contributed by atoms with Crippen LogP contribution in [-0.4, -0.2) is 26.2 Å². The fourth-order valence-electron chi connectivity index (χ4n) is 3.52. The van der Waals surface area contributed by atoms with E-state index in [1.165, 1.54) is 84.0 Å². The zero-order valence-corrected chi connectivity index (χ0v) is 14.3. The Bertz CT molecular complexity index is 214. The van der Waals surface area contributed by atoms with E-state index in [0.29, 0.717) is 5.41 Å². The van der Waals surface area contributed by atoms with Crippen molar-refractivity contribution in [1.29, 1.82) is 0 Å². The van der Waals surface area contributed by atoms with Gasteiger partial charge in [0, 0.05) is 13.1 Å². The topological polar surface area (TPSA) is 24.1 Å². The molecule has 2 N–H and O–H groups in total. The number of rotatable bonds is 11. The Balaban J connectivity index is 2.03. The number of hydrogen-bond donors (Lipinski definition) is 2. The van der Waals surface area contributed by atoms with Gasteiger partial charge in [-0.05, 0) is 50.1 Å². The van der Waals surface area contributed by atoms with Crippen molar-refractivity contribution in [3.05, 3.63) is 0 Å². The quantitative estimate of drug-likeness (QED) is 0.550. The molecule has 1 atom stereocenters. The van der Waals surface area contributed by atoms with Gasteiger partial charge in [-0.3, -0.25) is 0 Å². The highest BCUT2D eigenvalue weighted by molar-refractivity contribution is 4.87. The molecule has 0 aromatic carbocycles. The molecule has 0 bridgehead atoms. The van der Waals surface area contributed by atoms with E-state index >= 15 is 0 Å². The summed E-state index contributed by atoms with van der Waals surface area (Å²) in [6, 6.07) is 0. The summed E-state index contributed by atoms with van der Waals surface area (Å²) in [5.74, 6) is 0.876. The van der Waals surface area contributed by atoms with Crippen molar-refractivity contribution in [2.75, 3.05) is 26.2 Å². The molecule has 1 aliphatic rings. The molecular formula is C18H38N2. The third kappa shape index (κ3) is 7.64. The van der Waals surface area contributed by atoms with E-state index in [-0.39, 0.29) is 0 Å². The maximum Gasteiger partial charge on any atom is 0.00200 e. The number of nitrogens with one attached hydrogen (secondary N) is 2. The van der Waals surface area contributed by atoms with Gasteiger partial charge in [0.1, 0.15) is 0 Å². The molecule has 1 aliphatic heterocycles. The predicted molar refractivity (Wildman–Crippen MR) is 90.2 cm³/mol. The summed E-state index contributed by atoms with van der Waals surface area (Å²) in [6.07, 6.45) is 12.5. The van der Waals surface area contributed by atoms with Crippen LogP contribution in [0.15, 0.2) is 0 Å². The lowest BCUT2D eigenvalue weighted by Gasteiger charge is -2.38. The van der Waals surface area contributed by atoms with Gasteiger partial charge in [0.25, 0.3) is 0 Å². The number of piperidine rings is 1. The Morgan fingerprint density at radius 1 is 1.15 bits per heavy atom. The zero-order valence-electron chi connectivity index (χ0n) is 14.3. The van der Waals surface area contributed by atoms with E-state index in [4.69, 9.17) is 0 Å². The van der Waals surface area contributed by atoms with Gasteiger partial charge in [-0.1, -0.05) is 52.9 Å². The van der Waals surface area contributed by atoms with Crippen molar-refractivity contribution in [3.8, 4) is 0 Å². The minimum absolute atomic E-state index is 0.546. The van der Waals surface area contributed by atoms with E-state index in [0.717, 1.165) is 5.92 Å². The molecule has 120 valence electrons. The van der Waals surface area contributed by atoms with Gasteiger partial charge >= 0.3 is 0 Å². The number of hydrogen-bond acceptors (Lipinski definition) is 2. The lowest BCUT2D eigenvalue weighted by atomic mass is 9.77. The predicted octanol–water partition coefficient (Wildman–Crippen LogP) is 4.35. The van der Waals surface area contributed by atoms with Crippen LogP contribution in [0.4, 0.5) is 0 Å². The molecule has 0 aliphatic carbocycles. The molecular weight excluding hydrogens is 244 g/mol. The highest BCUT2D eigenvalue weighted by Crippen LogP contribution is 2.30. The molecule has 20 heavy (non-hydrogen) atoms. The van der Waals surface area contributed by atoms with Crippen LogP contribution in [0.5, 0.6) is 0 Å². The summed E-state index contributed by atoms with van der Waals surface area (Å²) in [5, 5.41) is 7.34. The van der Waals surface area contributed by atoms with E-state index in [1.807, 2.05) is 0 Å². The van der Waals surface area contributed by atoms with Crippen LogP contribution in [0.1, 0.15) is 78.6 Å². The molecule has 1 saturated heterocycles. The fourth-order valence-corrected chi connectivity index (χ4v) is 3.52. The minimum atomic E-state index is 0.546. The Morgan fingerprint density at radius 3 is 2.60 bits per heavy atom. The van der Waals surface area contributed by atoms with E-state index < -0.39 is 0 Å². The standard InChI is InChI=1S/C18H38N2/c1-4-11-18(12-9-14-20-16-18)15-19-13-8-6-5-7-10-17(2)3/h17,19-20H,4-16H2,1-3H3. The van der Waals surface area contributed by atoms with Crippen molar-refractivity contribution < 1.29 is 0 Å². The highest BCUT2D eigenvalue weighted by Gasteiger charge is 2.30. The van der Waals surface area contributed by atoms with Crippen molar-refractivity contribution in [2.24, 2.45) is 11.3 Å². The van der Waals surface area contributed by atoms with Crippen LogP contribution in [0.2, 0.25) is 0 Å². The molecule has 1 unspecified atom stereocenters. The molecule has 2 nitrogen and oxygen atoms in total. The monoisotopic (exact) mass is 282 g/mol. The first-order valence-corrected chi connectivity index (χ1v) is 9.10. The normalized spacial score (nSPS) is 23.4. The van der Waals surface area contributed by atoms with Gasteiger partial charge < -0.3 is 10.6 Å². The van der Waals surface area contributed by atoms with E-state index in [2.05, 4.69) is 31.4 Å². The van der Waals surface area contributed by atoms with Crippen LogP contribution in [0.25, 0.3) is 0 Å². The second-order valence-electron chi connectivity index (χ2n) is 7.30. The smallest absolute Gasteiger partial charge is 0.00200 e. The Kier molecular flexibility index (Phi) is 9.54. The summed E-state index contributed by atoms with van der Waals surface area (Å²) < 4.78 is 0. The van der Waals surface area contributed by atoms with E-state index in [1.54, 1.807) is 0 Å². The van der Waals surface area contributed by atoms with Gasteiger partial charge in [0.05, 0.1) is 0 Å². The molecule has 1 rings (SSSR count). The minimum Gasteiger partial charge on any atom is -0.316 e. The maximum absolute atomic E-state index is 3.74. The van der Waals surface area contributed by atoms with Crippen LogP contribution in [0.3, 0.4) is 0 Å². The van der Waals surface area contributed by atoms with Crippen molar-refractivity contribution in [1.82, 2.24) is 10.6 Å². The molecule has 0 aromatic rings. The summed E-state index contributed by atoms with van der Waals surface area (Å²) in [6.45, 7) is 11.9. The maximum atomic E-state index is 3.74. The molecule has 0 spiro atoms. The first-order valence-electron chi connectivity index (χ1n) is 9.10. The highest BCUT2D eigenvalue weighted by atomic mass is 14.9. The molecule has 2 heteroatoms. The average Bonchev–Trinajstić information content (AvgIpc) is 2.43. The van der Waals surface area contributed by atoms with Crippen molar-refractivity contribution >= 4 is 0 Å².